The van der Waals surface area contributed by atoms with Gasteiger partial charge >= 0.3 is 0 Å². The van der Waals surface area contributed by atoms with Crippen molar-refractivity contribution in [2.75, 3.05) is 7.05 Å². The molecule has 0 aliphatic carbocycles. The van der Waals surface area contributed by atoms with Gasteiger partial charge in [-0.2, -0.15) is 0 Å². The molecule has 3 rings (SSSR count). The number of hydrogen-bond acceptors (Lipinski definition) is 5. The van der Waals surface area contributed by atoms with Crippen molar-refractivity contribution in [3.8, 4) is 0 Å². The van der Waals surface area contributed by atoms with Crippen molar-refractivity contribution in [3.05, 3.63) is 0 Å². The molecule has 9 heteroatoms. The van der Waals surface area contributed by atoms with Crippen LogP contribution >= 0.6 is 0 Å². The first-order valence-electron chi connectivity index (χ1n) is 13.7. The average Bonchev–Trinajstić information content (AvgIpc) is 2.79. The van der Waals surface area contributed by atoms with Crippen LogP contribution in [0.15, 0.2) is 0 Å². The molecule has 5 amide bonds. The topological polar surface area (TPSA) is 107 Å². The van der Waals surface area contributed by atoms with Crippen molar-refractivity contribution in [1.29, 1.82) is 0 Å². The summed E-state index contributed by atoms with van der Waals surface area (Å²) < 4.78 is 0. The molecule has 0 aromatic carbocycles. The molecule has 6 atom stereocenters. The number of likely N-dealkylation sites (tertiary alicyclic amines) is 3. The lowest BCUT2D eigenvalue weighted by atomic mass is 9.85. The van der Waals surface area contributed by atoms with Gasteiger partial charge in [0.15, 0.2) is 0 Å². The van der Waals surface area contributed by atoms with Crippen molar-refractivity contribution < 1.29 is 24.0 Å². The Balaban J connectivity index is 0. The molecule has 1 N–H and O–H groups in total. The molecule has 0 aromatic rings. The average molecular weight is 569 g/mol. The number of carbonyl (C=O) groups is 5. The zero-order valence-electron chi connectivity index (χ0n) is 26.3. The Morgan fingerprint density at radius 1 is 0.650 bits per heavy atom. The van der Waals surface area contributed by atoms with E-state index in [9.17, 15) is 24.0 Å². The minimum atomic E-state index is -0.454. The highest BCUT2D eigenvalue weighted by Gasteiger charge is 2.48. The third kappa shape index (κ3) is 8.29. The highest BCUT2D eigenvalue weighted by atomic mass is 16.2. The smallest absolute Gasteiger partial charge is 0.247 e. The molecule has 3 saturated heterocycles. The second kappa shape index (κ2) is 13.5. The highest BCUT2D eigenvalue weighted by molar-refractivity contribution is 6.03. The van der Waals surface area contributed by atoms with E-state index in [2.05, 4.69) is 33.0 Å². The van der Waals surface area contributed by atoms with Crippen LogP contribution in [-0.4, -0.2) is 81.0 Å². The lowest BCUT2D eigenvalue weighted by molar-refractivity contribution is -0.168. The summed E-state index contributed by atoms with van der Waals surface area (Å²) in [5, 5.41) is 2.76. The summed E-state index contributed by atoms with van der Waals surface area (Å²) in [6.45, 7) is 27.0. The molecule has 0 bridgehead atoms. The molecule has 9 nitrogen and oxygen atoms in total. The fourth-order valence-electron chi connectivity index (χ4n) is 4.43. The third-order valence-corrected chi connectivity index (χ3v) is 7.77. The predicted molar refractivity (Wildman–Crippen MR) is 162 cm³/mol. The van der Waals surface area contributed by atoms with Crippen LogP contribution in [0.2, 0.25) is 0 Å². The number of rotatable bonds is 1. The summed E-state index contributed by atoms with van der Waals surface area (Å²) in [7, 11) is 1.74. The molecule has 0 aromatic heterocycles. The number of likely N-dealkylation sites (N-methyl/N-ethyl adjacent to an activating group) is 1. The Labute approximate surface area is 244 Å². The van der Waals surface area contributed by atoms with E-state index in [0.717, 1.165) is 0 Å². The van der Waals surface area contributed by atoms with Crippen molar-refractivity contribution in [2.24, 2.45) is 22.7 Å². The minimum absolute atomic E-state index is 0. The van der Waals surface area contributed by atoms with E-state index in [1.807, 2.05) is 74.1 Å². The van der Waals surface area contributed by atoms with Crippen LogP contribution in [0.1, 0.15) is 112 Å². The van der Waals surface area contributed by atoms with Gasteiger partial charge in [0.2, 0.25) is 29.5 Å². The van der Waals surface area contributed by atoms with E-state index in [1.54, 1.807) is 11.9 Å². The first-order chi connectivity index (χ1) is 16.9. The van der Waals surface area contributed by atoms with Gasteiger partial charge in [-0.05, 0) is 41.5 Å². The number of β-lactam (4-membered cyclic amide) rings is 3. The van der Waals surface area contributed by atoms with E-state index in [1.165, 1.54) is 4.90 Å². The van der Waals surface area contributed by atoms with E-state index < -0.39 is 10.8 Å². The van der Waals surface area contributed by atoms with Gasteiger partial charge in [0, 0.05) is 35.5 Å². The van der Waals surface area contributed by atoms with Crippen molar-refractivity contribution in [3.63, 3.8) is 0 Å². The number of amides is 5. The number of imide groups is 1. The molecular formula is C31H60N4O5. The zero-order valence-corrected chi connectivity index (χ0v) is 26.3. The zero-order chi connectivity index (χ0) is 30.3. The molecule has 234 valence electrons. The van der Waals surface area contributed by atoms with Crippen LogP contribution in [-0.2, 0) is 24.0 Å². The second-order valence-electron chi connectivity index (χ2n) is 14.1. The summed E-state index contributed by atoms with van der Waals surface area (Å²) in [6, 6.07) is 0.266. The third-order valence-electron chi connectivity index (χ3n) is 7.77. The molecule has 0 radical (unpaired) electrons. The van der Waals surface area contributed by atoms with Crippen LogP contribution in [0, 0.1) is 22.7 Å². The summed E-state index contributed by atoms with van der Waals surface area (Å²) in [6.07, 6.45) is 0. The Bertz CT molecular complexity index is 941. The number of carbonyl (C=O) groups excluding carboxylic acids is 5. The van der Waals surface area contributed by atoms with E-state index in [4.69, 9.17) is 0 Å². The lowest BCUT2D eigenvalue weighted by Crippen LogP contribution is -2.68. The second-order valence-corrected chi connectivity index (χ2v) is 14.1. The van der Waals surface area contributed by atoms with Crippen molar-refractivity contribution >= 4 is 29.5 Å². The monoisotopic (exact) mass is 568 g/mol. The van der Waals surface area contributed by atoms with Gasteiger partial charge in [-0.1, -0.05) is 70.2 Å². The molecule has 0 spiro atoms. The maximum absolute atomic E-state index is 11.7. The molecule has 6 unspecified atom stereocenters. The Morgan fingerprint density at radius 2 is 1.07 bits per heavy atom. The normalized spacial score (nSPS) is 27.7. The lowest BCUT2D eigenvalue weighted by Gasteiger charge is -2.51. The fraction of sp³-hybridized carbons (Fsp3) is 0.839. The standard InChI is InChI=1S/C10H18N2O2.C10H17NO2.C9H17NO.2CH4/c1-6-7(8(13)12(6)5)11-9(14)10(2,3)4;1-6-7(2)11(8(6)12)9(13)10(3,4)5;1-6-7(2)10(8(6)11)9(3,4)5;;/h6-7H,1-5H3,(H,11,14);6-7H,1-5H3;6-7H,1-5H3;2*1H4. The van der Waals surface area contributed by atoms with Crippen LogP contribution in [0.3, 0.4) is 0 Å². The van der Waals surface area contributed by atoms with E-state index in [0.29, 0.717) is 11.9 Å². The van der Waals surface area contributed by atoms with Crippen molar-refractivity contribution in [2.45, 2.75) is 141 Å². The molecule has 3 aliphatic rings. The fourth-order valence-corrected chi connectivity index (χ4v) is 4.43. The number of nitrogens with zero attached hydrogens (tertiary/aromatic N) is 3. The largest absolute Gasteiger partial charge is 0.342 e. The van der Waals surface area contributed by atoms with Crippen LogP contribution in [0.5, 0.6) is 0 Å². The highest BCUT2D eigenvalue weighted by Crippen LogP contribution is 2.33. The molecular weight excluding hydrogens is 508 g/mol. The molecule has 3 aliphatic heterocycles. The van der Waals surface area contributed by atoms with Gasteiger partial charge in [-0.25, -0.2) is 0 Å². The Kier molecular flexibility index (Phi) is 13.4. The predicted octanol–water partition coefficient (Wildman–Crippen LogP) is 4.73. The van der Waals surface area contributed by atoms with Gasteiger partial charge in [-0.3, -0.25) is 28.9 Å². The summed E-state index contributed by atoms with van der Waals surface area (Å²) in [5.41, 5.74) is -0.888. The van der Waals surface area contributed by atoms with Crippen molar-refractivity contribution in [1.82, 2.24) is 20.0 Å². The van der Waals surface area contributed by atoms with Gasteiger partial charge < -0.3 is 15.1 Å². The molecule has 0 saturated carbocycles. The van der Waals surface area contributed by atoms with Gasteiger partial charge in [-0.15, -0.1) is 0 Å². The SMILES string of the molecule is C.C.CC1C(=O)N(C(=O)C(C)(C)C)C1C.CC1C(=O)N(C(C)(C)C)C1C.CC1C(NC(=O)C(C)(C)C)C(=O)N1C. The van der Waals surface area contributed by atoms with Crippen LogP contribution in [0.4, 0.5) is 0 Å². The molecule has 3 heterocycles. The van der Waals surface area contributed by atoms with Gasteiger partial charge in [0.05, 0.1) is 17.9 Å². The number of hydrogen-bond donors (Lipinski definition) is 1. The Hall–Kier alpha value is -2.45. The minimum Gasteiger partial charge on any atom is -0.342 e. The van der Waals surface area contributed by atoms with Gasteiger partial charge in [0.1, 0.15) is 6.04 Å². The Morgan fingerprint density at radius 3 is 1.35 bits per heavy atom. The summed E-state index contributed by atoms with van der Waals surface area (Å²) in [4.78, 5) is 62.3. The molecule has 40 heavy (non-hydrogen) atoms. The van der Waals surface area contributed by atoms with E-state index >= 15 is 0 Å². The maximum Gasteiger partial charge on any atom is 0.247 e. The summed E-state index contributed by atoms with van der Waals surface area (Å²) in [5.74, 6) is 0.354. The molecule has 3 fully saturated rings. The maximum atomic E-state index is 11.7. The van der Waals surface area contributed by atoms with Gasteiger partial charge in [0.25, 0.3) is 0 Å². The van der Waals surface area contributed by atoms with E-state index in [-0.39, 0.29) is 74.0 Å². The van der Waals surface area contributed by atoms with Crippen LogP contribution in [0.25, 0.3) is 0 Å². The number of nitrogens with one attached hydrogen (secondary N) is 1. The quantitative estimate of drug-likeness (QED) is 0.461. The van der Waals surface area contributed by atoms with Crippen LogP contribution < -0.4 is 5.32 Å². The first kappa shape index (κ1) is 39.7. The first-order valence-corrected chi connectivity index (χ1v) is 13.7. The summed E-state index contributed by atoms with van der Waals surface area (Å²) >= 11 is 0.